The fourth-order valence-corrected chi connectivity index (χ4v) is 3.23. The normalized spacial score (nSPS) is 23.1. The summed E-state index contributed by atoms with van der Waals surface area (Å²) < 4.78 is 1.66. The van der Waals surface area contributed by atoms with Crippen molar-refractivity contribution >= 4 is 11.8 Å². The molecule has 1 saturated heterocycles. The van der Waals surface area contributed by atoms with Gasteiger partial charge in [0.1, 0.15) is 5.82 Å². The Bertz CT molecular complexity index is 711. The zero-order valence-electron chi connectivity index (χ0n) is 14.4. The largest absolute Gasteiger partial charge is 1.00 e. The smallest absolute Gasteiger partial charge is 1.00 e. The van der Waals surface area contributed by atoms with Crippen molar-refractivity contribution in [2.24, 2.45) is 11.8 Å². The molecule has 2 aromatic rings. The summed E-state index contributed by atoms with van der Waals surface area (Å²) in [5, 5.41) is 13.1. The van der Waals surface area contributed by atoms with Gasteiger partial charge in [-0.15, -0.1) is 0 Å². The SMILES string of the molecule is CC(c1ccc(N2CC3CC3C2)nc1)n1cc(C(=O)O)cn1.[H-].[Li+]. The van der Waals surface area contributed by atoms with E-state index < -0.39 is 5.97 Å². The van der Waals surface area contributed by atoms with Gasteiger partial charge in [-0.1, -0.05) is 6.07 Å². The van der Waals surface area contributed by atoms with Crippen LogP contribution in [0.4, 0.5) is 5.82 Å². The Labute approximate surface area is 148 Å². The number of anilines is 1. The van der Waals surface area contributed by atoms with Gasteiger partial charge in [0, 0.05) is 25.5 Å². The van der Waals surface area contributed by atoms with E-state index >= 15 is 0 Å². The van der Waals surface area contributed by atoms with Crippen LogP contribution in [0.2, 0.25) is 0 Å². The number of rotatable bonds is 4. The molecule has 0 bridgehead atoms. The van der Waals surface area contributed by atoms with Gasteiger partial charge in [0.2, 0.25) is 0 Å². The number of pyridine rings is 1. The molecule has 116 valence electrons. The molecule has 0 spiro atoms. The number of carboxylic acids is 1. The summed E-state index contributed by atoms with van der Waals surface area (Å²) in [6.07, 6.45) is 6.18. The van der Waals surface area contributed by atoms with Gasteiger partial charge in [0.25, 0.3) is 0 Å². The summed E-state index contributed by atoms with van der Waals surface area (Å²) in [6, 6.07) is 4.07. The third-order valence-electron chi connectivity index (χ3n) is 4.80. The van der Waals surface area contributed by atoms with Gasteiger partial charge in [-0.05, 0) is 36.8 Å². The van der Waals surface area contributed by atoms with Crippen LogP contribution in [0.5, 0.6) is 0 Å². The molecule has 4 rings (SSSR count). The number of piperidine rings is 1. The first kappa shape index (κ1) is 16.1. The van der Waals surface area contributed by atoms with Crippen molar-refractivity contribution < 1.29 is 30.2 Å². The predicted molar refractivity (Wildman–Crippen MR) is 82.2 cm³/mol. The molecule has 6 nitrogen and oxygen atoms in total. The first-order chi connectivity index (χ1) is 10.6. The molecule has 1 aliphatic heterocycles. The maximum absolute atomic E-state index is 10.9. The first-order valence-corrected chi connectivity index (χ1v) is 7.60. The van der Waals surface area contributed by atoms with Crippen molar-refractivity contribution in [1.82, 2.24) is 14.8 Å². The second-order valence-electron chi connectivity index (χ2n) is 6.30. The number of aromatic nitrogens is 3. The van der Waals surface area contributed by atoms with E-state index in [0.717, 1.165) is 36.3 Å². The van der Waals surface area contributed by atoms with E-state index in [0.29, 0.717) is 0 Å². The third-order valence-corrected chi connectivity index (χ3v) is 4.80. The minimum Gasteiger partial charge on any atom is -1.00 e. The molecule has 23 heavy (non-hydrogen) atoms. The average Bonchev–Trinajstić information content (AvgIpc) is 2.95. The summed E-state index contributed by atoms with van der Waals surface area (Å²) in [7, 11) is 0. The molecule has 3 heterocycles. The molecular formula is C16H19LiN4O2. The zero-order chi connectivity index (χ0) is 15.3. The molecule has 3 atom stereocenters. The van der Waals surface area contributed by atoms with E-state index in [4.69, 9.17) is 5.11 Å². The molecular weight excluding hydrogens is 287 g/mol. The molecule has 2 aromatic heterocycles. The minimum absolute atomic E-state index is 0. The quantitative estimate of drug-likeness (QED) is 0.746. The van der Waals surface area contributed by atoms with Crippen molar-refractivity contribution in [3.05, 3.63) is 41.9 Å². The molecule has 3 unspecified atom stereocenters. The van der Waals surface area contributed by atoms with Crippen LogP contribution in [0.15, 0.2) is 30.7 Å². The topological polar surface area (TPSA) is 71.2 Å². The van der Waals surface area contributed by atoms with Gasteiger partial charge in [0.15, 0.2) is 0 Å². The van der Waals surface area contributed by atoms with Gasteiger partial charge in [0.05, 0.1) is 17.8 Å². The second kappa shape index (κ2) is 6.03. The predicted octanol–water partition coefficient (Wildman–Crippen LogP) is -0.842. The number of fused-ring (bicyclic) bond motifs is 1. The van der Waals surface area contributed by atoms with E-state index in [1.807, 2.05) is 13.1 Å². The van der Waals surface area contributed by atoms with Crippen molar-refractivity contribution in [3.8, 4) is 0 Å². The van der Waals surface area contributed by atoms with Gasteiger partial charge < -0.3 is 11.4 Å². The van der Waals surface area contributed by atoms with E-state index in [9.17, 15) is 4.79 Å². The Morgan fingerprint density at radius 3 is 2.65 bits per heavy atom. The Hall–Kier alpha value is -1.77. The number of carbonyl (C=O) groups is 1. The van der Waals surface area contributed by atoms with Gasteiger partial charge in [-0.3, -0.25) is 4.68 Å². The van der Waals surface area contributed by atoms with Crippen LogP contribution >= 0.6 is 0 Å². The molecule has 0 aromatic carbocycles. The monoisotopic (exact) mass is 306 g/mol. The number of aromatic carboxylic acids is 1. The van der Waals surface area contributed by atoms with Crippen LogP contribution in [0.1, 0.15) is 36.7 Å². The van der Waals surface area contributed by atoms with E-state index in [2.05, 4.69) is 27.1 Å². The fourth-order valence-electron chi connectivity index (χ4n) is 3.23. The number of hydrogen-bond acceptors (Lipinski definition) is 4. The van der Waals surface area contributed by atoms with Crippen LogP contribution in [0.25, 0.3) is 0 Å². The van der Waals surface area contributed by atoms with Gasteiger partial charge in [-0.2, -0.15) is 5.10 Å². The van der Waals surface area contributed by atoms with E-state index in [1.54, 1.807) is 10.9 Å². The Kier molecular flexibility index (Phi) is 4.22. The average molecular weight is 306 g/mol. The summed E-state index contributed by atoms with van der Waals surface area (Å²) >= 11 is 0. The molecule has 1 saturated carbocycles. The fraction of sp³-hybridized carbons (Fsp3) is 0.438. The Morgan fingerprint density at radius 2 is 2.09 bits per heavy atom. The van der Waals surface area contributed by atoms with Crippen LogP contribution in [0.3, 0.4) is 0 Å². The molecule has 0 radical (unpaired) electrons. The Morgan fingerprint density at radius 1 is 1.35 bits per heavy atom. The minimum atomic E-state index is -0.959. The standard InChI is InChI=1S/C16H18N4O2.Li.H/c1-10(20-9-14(6-18-20)16(21)22)11-2-3-15(17-5-11)19-7-12-4-13(12)8-19;;/h2-3,5-6,9-10,12-13H,4,7-8H2,1H3,(H,21,22);;/q;+1;-1. The number of nitrogens with zero attached hydrogens (tertiary/aromatic N) is 4. The van der Waals surface area contributed by atoms with E-state index in [-0.39, 0.29) is 31.9 Å². The molecule has 2 aliphatic rings. The first-order valence-electron chi connectivity index (χ1n) is 7.60. The van der Waals surface area contributed by atoms with E-state index in [1.165, 1.54) is 12.6 Å². The number of carboxylic acid groups (broad SMARTS) is 1. The summed E-state index contributed by atoms with van der Waals surface area (Å²) in [5.41, 5.74) is 1.22. The summed E-state index contributed by atoms with van der Waals surface area (Å²) in [6.45, 7) is 4.25. The molecule has 1 aliphatic carbocycles. The van der Waals surface area contributed by atoms with Gasteiger partial charge >= 0.3 is 24.8 Å². The maximum Gasteiger partial charge on any atom is 1.00 e. The van der Waals surface area contributed by atoms with Crippen molar-refractivity contribution in [3.63, 3.8) is 0 Å². The summed E-state index contributed by atoms with van der Waals surface area (Å²) in [4.78, 5) is 17.8. The second-order valence-corrected chi connectivity index (χ2v) is 6.30. The van der Waals surface area contributed by atoms with Crippen LogP contribution in [-0.4, -0.2) is 38.9 Å². The zero-order valence-corrected chi connectivity index (χ0v) is 13.4. The van der Waals surface area contributed by atoms with Crippen LogP contribution < -0.4 is 23.8 Å². The molecule has 2 fully saturated rings. The van der Waals surface area contributed by atoms with Crippen LogP contribution in [-0.2, 0) is 0 Å². The van der Waals surface area contributed by atoms with Crippen LogP contribution in [0, 0.1) is 11.8 Å². The van der Waals surface area contributed by atoms with Crippen molar-refractivity contribution in [2.45, 2.75) is 19.4 Å². The molecule has 1 N–H and O–H groups in total. The van der Waals surface area contributed by atoms with Crippen molar-refractivity contribution in [2.75, 3.05) is 18.0 Å². The molecule has 7 heteroatoms. The Balaban J connectivity index is 0.00000104. The maximum atomic E-state index is 10.9. The van der Waals surface area contributed by atoms with Crippen molar-refractivity contribution in [1.29, 1.82) is 0 Å². The van der Waals surface area contributed by atoms with Gasteiger partial charge in [-0.25, -0.2) is 9.78 Å². The summed E-state index contributed by atoms with van der Waals surface area (Å²) in [5.74, 6) is 1.85. The molecule has 0 amide bonds. The number of hydrogen-bond donors (Lipinski definition) is 1. The third kappa shape index (κ3) is 3.01.